The molecule has 1 N–H and O–H groups in total. The Bertz CT molecular complexity index is 819. The van der Waals surface area contributed by atoms with E-state index in [0.717, 1.165) is 16.3 Å². The van der Waals surface area contributed by atoms with Crippen molar-refractivity contribution in [3.8, 4) is 5.82 Å². The maximum Gasteiger partial charge on any atom is 0.233 e. The number of pyridine rings is 1. The SMILES string of the molecule is CC(Sc1ccc(Cl)cc1)C(=O)NCc1ccc(-n2ccnc2)nc1. The van der Waals surface area contributed by atoms with Crippen molar-refractivity contribution < 1.29 is 4.79 Å². The molecule has 0 aliphatic carbocycles. The third kappa shape index (κ3) is 4.84. The van der Waals surface area contributed by atoms with E-state index < -0.39 is 0 Å². The van der Waals surface area contributed by atoms with Gasteiger partial charge in [0.1, 0.15) is 12.1 Å². The minimum Gasteiger partial charge on any atom is -0.351 e. The minimum atomic E-state index is -0.195. The van der Waals surface area contributed by atoms with Crippen molar-refractivity contribution in [2.75, 3.05) is 0 Å². The Balaban J connectivity index is 1.52. The third-order valence-electron chi connectivity index (χ3n) is 3.54. The van der Waals surface area contributed by atoms with Gasteiger partial charge in [0.2, 0.25) is 5.91 Å². The molecule has 2 aromatic heterocycles. The molecule has 3 aromatic rings. The maximum absolute atomic E-state index is 12.3. The minimum absolute atomic E-state index is 0.0152. The van der Waals surface area contributed by atoms with Gasteiger partial charge in [0, 0.05) is 35.1 Å². The number of imidazole rings is 1. The number of hydrogen-bond acceptors (Lipinski definition) is 4. The number of carbonyl (C=O) groups is 1. The first-order chi connectivity index (χ1) is 12.1. The molecule has 0 saturated heterocycles. The molecule has 1 unspecified atom stereocenters. The Kier molecular flexibility index (Phi) is 5.73. The Hall–Kier alpha value is -2.31. The molecular formula is C18H17ClN4OS. The van der Waals surface area contributed by atoms with Gasteiger partial charge < -0.3 is 5.32 Å². The summed E-state index contributed by atoms with van der Waals surface area (Å²) in [7, 11) is 0. The highest BCUT2D eigenvalue weighted by Gasteiger charge is 2.14. The van der Waals surface area contributed by atoms with Crippen LogP contribution in [0.3, 0.4) is 0 Å². The van der Waals surface area contributed by atoms with E-state index in [1.165, 1.54) is 11.8 Å². The first-order valence-corrected chi connectivity index (χ1v) is 9.01. The van der Waals surface area contributed by atoms with Gasteiger partial charge in [0.05, 0.1) is 5.25 Å². The van der Waals surface area contributed by atoms with Crippen LogP contribution in [-0.4, -0.2) is 25.7 Å². The van der Waals surface area contributed by atoms with Crippen LogP contribution >= 0.6 is 23.4 Å². The lowest BCUT2D eigenvalue weighted by Crippen LogP contribution is -2.30. The number of halogens is 1. The van der Waals surface area contributed by atoms with Crippen molar-refractivity contribution in [3.63, 3.8) is 0 Å². The second-order valence-electron chi connectivity index (χ2n) is 5.43. The van der Waals surface area contributed by atoms with Gasteiger partial charge in [-0.05, 0) is 42.8 Å². The Labute approximate surface area is 155 Å². The molecular weight excluding hydrogens is 356 g/mol. The monoisotopic (exact) mass is 372 g/mol. The summed E-state index contributed by atoms with van der Waals surface area (Å²) in [5.41, 5.74) is 0.945. The summed E-state index contributed by atoms with van der Waals surface area (Å²) in [5, 5.41) is 3.43. The van der Waals surface area contributed by atoms with Crippen LogP contribution in [0.1, 0.15) is 12.5 Å². The summed E-state index contributed by atoms with van der Waals surface area (Å²) in [4.78, 5) is 21.6. The molecule has 0 aliphatic heterocycles. The highest BCUT2D eigenvalue weighted by Crippen LogP contribution is 2.24. The van der Waals surface area contributed by atoms with Gasteiger partial charge in [0.25, 0.3) is 0 Å². The molecule has 0 fully saturated rings. The molecule has 5 nitrogen and oxygen atoms in total. The fourth-order valence-corrected chi connectivity index (χ4v) is 3.19. The van der Waals surface area contributed by atoms with Crippen LogP contribution in [0.5, 0.6) is 0 Å². The Morgan fingerprint density at radius 1 is 1.28 bits per heavy atom. The summed E-state index contributed by atoms with van der Waals surface area (Å²) in [6, 6.07) is 11.3. The number of benzene rings is 1. The lowest BCUT2D eigenvalue weighted by Gasteiger charge is -2.12. The van der Waals surface area contributed by atoms with Crippen molar-refractivity contribution in [1.82, 2.24) is 19.9 Å². The smallest absolute Gasteiger partial charge is 0.233 e. The molecule has 1 aromatic carbocycles. The van der Waals surface area contributed by atoms with Gasteiger partial charge in [-0.3, -0.25) is 9.36 Å². The van der Waals surface area contributed by atoms with E-state index in [4.69, 9.17) is 11.6 Å². The van der Waals surface area contributed by atoms with E-state index in [9.17, 15) is 4.79 Å². The van der Waals surface area contributed by atoms with Crippen LogP contribution in [0.2, 0.25) is 5.02 Å². The first-order valence-electron chi connectivity index (χ1n) is 7.75. The molecule has 25 heavy (non-hydrogen) atoms. The number of nitrogens with zero attached hydrogens (tertiary/aromatic N) is 3. The molecule has 7 heteroatoms. The van der Waals surface area contributed by atoms with Gasteiger partial charge >= 0.3 is 0 Å². The van der Waals surface area contributed by atoms with E-state index >= 15 is 0 Å². The predicted molar refractivity (Wildman–Crippen MR) is 100.0 cm³/mol. The van der Waals surface area contributed by atoms with E-state index in [1.54, 1.807) is 18.7 Å². The predicted octanol–water partition coefficient (Wildman–Crippen LogP) is 3.72. The molecule has 0 bridgehead atoms. The Morgan fingerprint density at radius 2 is 2.08 bits per heavy atom. The van der Waals surface area contributed by atoms with Crippen LogP contribution in [0.4, 0.5) is 0 Å². The quantitative estimate of drug-likeness (QED) is 0.670. The van der Waals surface area contributed by atoms with Crippen molar-refractivity contribution >= 4 is 29.3 Å². The number of rotatable bonds is 6. The largest absolute Gasteiger partial charge is 0.351 e. The van der Waals surface area contributed by atoms with Gasteiger partial charge in [-0.15, -0.1) is 11.8 Å². The molecule has 0 radical (unpaired) electrons. The lowest BCUT2D eigenvalue weighted by atomic mass is 10.2. The molecule has 3 rings (SSSR count). The first kappa shape index (κ1) is 17.5. The van der Waals surface area contributed by atoms with Gasteiger partial charge in [-0.2, -0.15) is 0 Å². The van der Waals surface area contributed by atoms with Crippen LogP contribution in [0.25, 0.3) is 5.82 Å². The van der Waals surface area contributed by atoms with Crippen molar-refractivity contribution in [2.24, 2.45) is 0 Å². The average Bonchev–Trinajstić information content (AvgIpc) is 3.16. The molecule has 0 aliphatic rings. The highest BCUT2D eigenvalue weighted by atomic mass is 35.5. The van der Waals surface area contributed by atoms with Crippen molar-refractivity contribution in [2.45, 2.75) is 23.6 Å². The third-order valence-corrected chi connectivity index (χ3v) is 4.90. The van der Waals surface area contributed by atoms with Crippen LogP contribution in [-0.2, 0) is 11.3 Å². The zero-order chi connectivity index (χ0) is 17.6. The van der Waals surface area contributed by atoms with Gasteiger partial charge in [-0.25, -0.2) is 9.97 Å². The van der Waals surface area contributed by atoms with Crippen molar-refractivity contribution in [3.05, 3.63) is 71.9 Å². The number of carbonyl (C=O) groups excluding carboxylic acids is 1. The second kappa shape index (κ2) is 8.18. The lowest BCUT2D eigenvalue weighted by molar-refractivity contribution is -0.120. The average molecular weight is 373 g/mol. The topological polar surface area (TPSA) is 59.8 Å². The standard InChI is InChI=1S/C18H17ClN4OS/c1-13(25-16-5-3-15(19)4-6-16)18(24)22-11-14-2-7-17(21-10-14)23-9-8-20-12-23/h2-10,12-13H,11H2,1H3,(H,22,24). The highest BCUT2D eigenvalue weighted by molar-refractivity contribution is 8.00. The molecule has 1 atom stereocenters. The number of thioether (sulfide) groups is 1. The molecule has 2 heterocycles. The van der Waals surface area contributed by atoms with Crippen LogP contribution in [0.15, 0.2) is 66.2 Å². The Morgan fingerprint density at radius 3 is 2.72 bits per heavy atom. The summed E-state index contributed by atoms with van der Waals surface area (Å²) in [6.45, 7) is 2.33. The van der Waals surface area contributed by atoms with Crippen molar-refractivity contribution in [1.29, 1.82) is 0 Å². The van der Waals surface area contributed by atoms with Crippen LogP contribution in [0, 0.1) is 0 Å². The second-order valence-corrected chi connectivity index (χ2v) is 7.28. The van der Waals surface area contributed by atoms with E-state index in [1.807, 2.05) is 54.1 Å². The number of amides is 1. The summed E-state index contributed by atoms with van der Waals surface area (Å²) in [6.07, 6.45) is 6.99. The number of aromatic nitrogens is 3. The molecule has 128 valence electrons. The van der Waals surface area contributed by atoms with Crippen LogP contribution < -0.4 is 5.32 Å². The zero-order valence-electron chi connectivity index (χ0n) is 13.6. The summed E-state index contributed by atoms with van der Waals surface area (Å²) < 4.78 is 1.83. The maximum atomic E-state index is 12.3. The summed E-state index contributed by atoms with van der Waals surface area (Å²) >= 11 is 7.37. The zero-order valence-corrected chi connectivity index (χ0v) is 15.2. The molecule has 0 saturated carbocycles. The van der Waals surface area contributed by atoms with E-state index in [-0.39, 0.29) is 11.2 Å². The number of hydrogen-bond donors (Lipinski definition) is 1. The van der Waals surface area contributed by atoms with E-state index in [2.05, 4.69) is 15.3 Å². The molecule has 0 spiro atoms. The van der Waals surface area contributed by atoms with Gasteiger partial charge in [0.15, 0.2) is 0 Å². The fraction of sp³-hybridized carbons (Fsp3) is 0.167. The van der Waals surface area contributed by atoms with E-state index in [0.29, 0.717) is 11.6 Å². The fourth-order valence-electron chi connectivity index (χ4n) is 2.17. The molecule has 1 amide bonds. The summed E-state index contributed by atoms with van der Waals surface area (Å²) in [5.74, 6) is 0.776. The van der Waals surface area contributed by atoms with Gasteiger partial charge in [-0.1, -0.05) is 17.7 Å². The normalized spacial score (nSPS) is 11.9. The number of nitrogens with one attached hydrogen (secondary N) is 1.